The smallest absolute Gasteiger partial charge is 0.0710 e. The normalized spacial score (nSPS) is 41.5. The zero-order valence-corrected chi connectivity index (χ0v) is 8.28. The molecule has 0 radical (unpaired) electrons. The molecule has 1 saturated heterocycles. The summed E-state index contributed by atoms with van der Waals surface area (Å²) in [5.74, 6) is 0. The number of rotatable bonds is 2. The first-order valence-corrected chi connectivity index (χ1v) is 5.26. The Bertz CT molecular complexity index is 174. The summed E-state index contributed by atoms with van der Waals surface area (Å²) in [6, 6.07) is 0.417. The van der Waals surface area contributed by atoms with Gasteiger partial charge in [-0.3, -0.25) is 4.90 Å². The molecule has 0 aromatic heterocycles. The van der Waals surface area contributed by atoms with E-state index in [0.29, 0.717) is 12.1 Å². The number of ether oxygens (including phenoxy) is 1. The molecule has 3 nitrogen and oxygen atoms in total. The Morgan fingerprint density at radius 3 is 2.69 bits per heavy atom. The van der Waals surface area contributed by atoms with Crippen LogP contribution in [0, 0.1) is 0 Å². The molecule has 1 aliphatic heterocycles. The molecule has 1 aliphatic carbocycles. The lowest BCUT2D eigenvalue weighted by molar-refractivity contribution is 0.0636. The molecule has 1 saturated carbocycles. The summed E-state index contributed by atoms with van der Waals surface area (Å²) in [4.78, 5) is 2.39. The lowest BCUT2D eigenvalue weighted by Crippen LogP contribution is -2.39. The van der Waals surface area contributed by atoms with Gasteiger partial charge in [0.1, 0.15) is 0 Å². The van der Waals surface area contributed by atoms with Crippen LogP contribution in [0.25, 0.3) is 0 Å². The fraction of sp³-hybridized carbons (Fsp3) is 1.00. The van der Waals surface area contributed by atoms with Crippen LogP contribution in [-0.4, -0.2) is 48.5 Å². The van der Waals surface area contributed by atoms with Crippen LogP contribution >= 0.6 is 0 Å². The van der Waals surface area contributed by atoms with Gasteiger partial charge in [0.05, 0.1) is 12.2 Å². The molecule has 3 heteroatoms. The fourth-order valence-corrected chi connectivity index (χ4v) is 2.59. The van der Waals surface area contributed by atoms with Gasteiger partial charge in [0.25, 0.3) is 0 Å². The summed E-state index contributed by atoms with van der Waals surface area (Å²) in [6.07, 6.45) is 4.76. The third-order valence-corrected chi connectivity index (χ3v) is 3.42. The van der Waals surface area contributed by atoms with Crippen molar-refractivity contribution in [1.29, 1.82) is 0 Å². The quantitative estimate of drug-likeness (QED) is 0.684. The lowest BCUT2D eigenvalue weighted by atomic mass is 10.2. The van der Waals surface area contributed by atoms with E-state index in [1.807, 2.05) is 0 Å². The number of aliphatic hydroxyl groups excluding tert-OH is 1. The van der Waals surface area contributed by atoms with E-state index in [1.165, 1.54) is 6.42 Å². The summed E-state index contributed by atoms with van der Waals surface area (Å²) in [6.45, 7) is 2.11. The van der Waals surface area contributed by atoms with E-state index in [0.717, 1.165) is 32.4 Å². The van der Waals surface area contributed by atoms with Gasteiger partial charge < -0.3 is 9.84 Å². The van der Waals surface area contributed by atoms with E-state index >= 15 is 0 Å². The van der Waals surface area contributed by atoms with Gasteiger partial charge in [-0.2, -0.15) is 0 Å². The molecular formula is C10H19NO2. The molecule has 2 fully saturated rings. The molecule has 0 aromatic carbocycles. The minimum absolute atomic E-state index is 0.0874. The Morgan fingerprint density at radius 1 is 1.31 bits per heavy atom. The third kappa shape index (κ3) is 1.87. The second-order valence-electron chi connectivity index (χ2n) is 4.21. The van der Waals surface area contributed by atoms with Crippen molar-refractivity contribution in [3.05, 3.63) is 0 Å². The molecule has 1 heterocycles. The zero-order chi connectivity index (χ0) is 9.26. The molecule has 2 aliphatic rings. The van der Waals surface area contributed by atoms with Crippen molar-refractivity contribution in [2.45, 2.75) is 43.9 Å². The van der Waals surface area contributed by atoms with Gasteiger partial charge in [-0.1, -0.05) is 0 Å². The Kier molecular flexibility index (Phi) is 2.86. The van der Waals surface area contributed by atoms with Gasteiger partial charge in [-0.05, 0) is 25.7 Å². The molecule has 0 aromatic rings. The number of hydrogen-bond acceptors (Lipinski definition) is 3. The maximum Gasteiger partial charge on any atom is 0.0710 e. The van der Waals surface area contributed by atoms with Crippen LogP contribution in [0.15, 0.2) is 0 Å². The van der Waals surface area contributed by atoms with Crippen LogP contribution in [-0.2, 0) is 4.74 Å². The van der Waals surface area contributed by atoms with E-state index < -0.39 is 0 Å². The zero-order valence-electron chi connectivity index (χ0n) is 8.28. The summed E-state index contributed by atoms with van der Waals surface area (Å²) >= 11 is 0. The van der Waals surface area contributed by atoms with Crippen molar-refractivity contribution >= 4 is 0 Å². The Balaban J connectivity index is 1.88. The molecular weight excluding hydrogens is 166 g/mol. The predicted molar refractivity (Wildman–Crippen MR) is 50.6 cm³/mol. The highest BCUT2D eigenvalue weighted by molar-refractivity contribution is 4.89. The Morgan fingerprint density at radius 2 is 2.15 bits per heavy atom. The monoisotopic (exact) mass is 185 g/mol. The average Bonchev–Trinajstić information content (AvgIpc) is 2.71. The number of methoxy groups -OCH3 is 1. The molecule has 13 heavy (non-hydrogen) atoms. The maximum absolute atomic E-state index is 9.73. The summed E-state index contributed by atoms with van der Waals surface area (Å²) in [5, 5.41) is 9.73. The van der Waals surface area contributed by atoms with E-state index in [-0.39, 0.29) is 6.10 Å². The number of nitrogens with zero attached hydrogens (tertiary/aromatic N) is 1. The molecule has 1 unspecified atom stereocenters. The van der Waals surface area contributed by atoms with E-state index in [9.17, 15) is 5.11 Å². The van der Waals surface area contributed by atoms with Gasteiger partial charge >= 0.3 is 0 Å². The highest BCUT2D eigenvalue weighted by Crippen LogP contribution is 2.27. The molecule has 0 amide bonds. The number of aliphatic hydroxyl groups is 1. The molecule has 3 atom stereocenters. The van der Waals surface area contributed by atoms with Crippen molar-refractivity contribution in [3.8, 4) is 0 Å². The van der Waals surface area contributed by atoms with Crippen molar-refractivity contribution < 1.29 is 9.84 Å². The Labute approximate surface area is 79.7 Å². The minimum Gasteiger partial charge on any atom is -0.391 e. The van der Waals surface area contributed by atoms with Crippen LogP contribution < -0.4 is 0 Å². The van der Waals surface area contributed by atoms with Gasteiger partial charge in [-0.15, -0.1) is 0 Å². The standard InChI is InChI=1S/C10H19NO2/c1-13-8-5-6-11(7-8)9-3-2-4-10(9)12/h8-10,12H,2-7H2,1H3/t8?,9-,10-/m0/s1. The van der Waals surface area contributed by atoms with Gasteiger partial charge in [0.15, 0.2) is 0 Å². The number of hydrogen-bond donors (Lipinski definition) is 1. The van der Waals surface area contributed by atoms with Crippen LogP contribution in [0.4, 0.5) is 0 Å². The van der Waals surface area contributed by atoms with Crippen molar-refractivity contribution in [1.82, 2.24) is 4.90 Å². The maximum atomic E-state index is 9.73. The van der Waals surface area contributed by atoms with Gasteiger partial charge in [0.2, 0.25) is 0 Å². The first-order valence-electron chi connectivity index (χ1n) is 5.26. The molecule has 2 rings (SSSR count). The highest BCUT2D eigenvalue weighted by atomic mass is 16.5. The van der Waals surface area contributed by atoms with Crippen molar-refractivity contribution in [2.75, 3.05) is 20.2 Å². The molecule has 0 spiro atoms. The minimum atomic E-state index is -0.0874. The molecule has 1 N–H and O–H groups in total. The van der Waals surface area contributed by atoms with Crippen LogP contribution in [0.1, 0.15) is 25.7 Å². The lowest BCUT2D eigenvalue weighted by Gasteiger charge is -2.26. The van der Waals surface area contributed by atoms with E-state index in [1.54, 1.807) is 7.11 Å². The van der Waals surface area contributed by atoms with Gasteiger partial charge in [0, 0.05) is 26.2 Å². The topological polar surface area (TPSA) is 32.7 Å². The van der Waals surface area contributed by atoms with E-state index in [4.69, 9.17) is 4.74 Å². The van der Waals surface area contributed by atoms with Crippen LogP contribution in [0.3, 0.4) is 0 Å². The first-order chi connectivity index (χ1) is 6.31. The highest BCUT2D eigenvalue weighted by Gasteiger charge is 2.34. The van der Waals surface area contributed by atoms with Crippen molar-refractivity contribution in [3.63, 3.8) is 0 Å². The third-order valence-electron chi connectivity index (χ3n) is 3.42. The average molecular weight is 185 g/mol. The summed E-state index contributed by atoms with van der Waals surface area (Å²) < 4.78 is 5.31. The van der Waals surface area contributed by atoms with Crippen LogP contribution in [0.5, 0.6) is 0 Å². The summed E-state index contributed by atoms with van der Waals surface area (Å²) in [5.41, 5.74) is 0. The van der Waals surface area contributed by atoms with Gasteiger partial charge in [-0.25, -0.2) is 0 Å². The molecule has 76 valence electrons. The first kappa shape index (κ1) is 9.44. The SMILES string of the molecule is COC1CCN([C@H]2CCC[C@@H]2O)C1. The second kappa shape index (κ2) is 3.95. The second-order valence-corrected chi connectivity index (χ2v) is 4.21. The predicted octanol–water partition coefficient (Wildman–Crippen LogP) is 0.620. The Hall–Kier alpha value is -0.120. The fourth-order valence-electron chi connectivity index (χ4n) is 2.59. The number of likely N-dealkylation sites (tertiary alicyclic amines) is 1. The van der Waals surface area contributed by atoms with Crippen molar-refractivity contribution in [2.24, 2.45) is 0 Å². The van der Waals surface area contributed by atoms with E-state index in [2.05, 4.69) is 4.90 Å². The van der Waals surface area contributed by atoms with Crippen LogP contribution in [0.2, 0.25) is 0 Å². The summed E-state index contributed by atoms with van der Waals surface area (Å²) in [7, 11) is 1.78. The molecule has 0 bridgehead atoms. The largest absolute Gasteiger partial charge is 0.391 e.